The molecule has 1 atom stereocenters. The third kappa shape index (κ3) is 4.57. The Balaban J connectivity index is 2.26. The highest BCUT2D eigenvalue weighted by Crippen LogP contribution is 2.32. The maximum atomic E-state index is 10.9. The average Bonchev–Trinajstić information content (AvgIpc) is 2.39. The molecule has 4 heteroatoms. The molecule has 0 amide bonds. The second-order valence-corrected chi connectivity index (χ2v) is 8.72. The molecule has 1 fully saturated rings. The smallest absolute Gasteiger partial charge is 0.330 e. The first-order valence-electron chi connectivity index (χ1n) is 7.04. The van der Waals surface area contributed by atoms with Gasteiger partial charge in [0.05, 0.1) is 20.6 Å². The molecule has 104 valence electrons. The van der Waals surface area contributed by atoms with E-state index in [9.17, 15) is 4.79 Å². The number of esters is 1. The molecule has 0 aromatic carbocycles. The van der Waals surface area contributed by atoms with Gasteiger partial charge < -0.3 is 9.47 Å². The van der Waals surface area contributed by atoms with Gasteiger partial charge in [0.2, 0.25) is 0 Å². The molecule has 1 unspecified atom stereocenters. The van der Waals surface area contributed by atoms with Crippen molar-refractivity contribution in [1.82, 2.24) is 0 Å². The Labute approximate surface area is 112 Å². The molecule has 18 heavy (non-hydrogen) atoms. The molecule has 0 aromatic heterocycles. The Morgan fingerprint density at radius 3 is 2.78 bits per heavy atom. The third-order valence-corrected chi connectivity index (χ3v) is 6.69. The van der Waals surface area contributed by atoms with Crippen molar-refractivity contribution >= 4 is 14.8 Å². The highest BCUT2D eigenvalue weighted by Gasteiger charge is 2.36. The normalized spacial score (nSPS) is 23.9. The zero-order valence-electron chi connectivity index (χ0n) is 11.7. The summed E-state index contributed by atoms with van der Waals surface area (Å²) in [6.07, 6.45) is 8.08. The fourth-order valence-electron chi connectivity index (χ4n) is 2.57. The Kier molecular flexibility index (Phi) is 6.64. The summed E-state index contributed by atoms with van der Waals surface area (Å²) in [5.41, 5.74) is 0. The number of unbranched alkanes of at least 4 members (excludes halogenated alkanes) is 1. The van der Waals surface area contributed by atoms with Crippen molar-refractivity contribution in [3.8, 4) is 0 Å². The summed E-state index contributed by atoms with van der Waals surface area (Å²) < 4.78 is 11.1. The minimum atomic E-state index is -0.811. The second kappa shape index (κ2) is 7.74. The predicted octanol–water partition coefficient (Wildman–Crippen LogP) is 2.85. The molecule has 0 aliphatic carbocycles. The maximum absolute atomic E-state index is 10.9. The van der Waals surface area contributed by atoms with Crippen LogP contribution in [0.15, 0.2) is 12.7 Å². The molecule has 0 bridgehead atoms. The van der Waals surface area contributed by atoms with Crippen LogP contribution in [0.5, 0.6) is 0 Å². The predicted molar refractivity (Wildman–Crippen MR) is 76.4 cm³/mol. The molecular formula is C14H26O3Si. The van der Waals surface area contributed by atoms with Gasteiger partial charge in [0.15, 0.2) is 0 Å². The summed E-state index contributed by atoms with van der Waals surface area (Å²) in [7, 11) is -0.811. The van der Waals surface area contributed by atoms with E-state index < -0.39 is 8.80 Å². The molecule has 0 N–H and O–H groups in total. The van der Waals surface area contributed by atoms with Crippen molar-refractivity contribution in [2.75, 3.05) is 13.2 Å². The van der Waals surface area contributed by atoms with Gasteiger partial charge in [-0.1, -0.05) is 19.7 Å². The van der Waals surface area contributed by atoms with Crippen LogP contribution >= 0.6 is 0 Å². The van der Waals surface area contributed by atoms with E-state index in [1.54, 1.807) is 0 Å². The van der Waals surface area contributed by atoms with E-state index in [2.05, 4.69) is 19.7 Å². The number of ether oxygens (including phenoxy) is 2. The van der Waals surface area contributed by atoms with Crippen molar-refractivity contribution < 1.29 is 14.3 Å². The van der Waals surface area contributed by atoms with Crippen LogP contribution in [0.3, 0.4) is 0 Å². The second-order valence-electron chi connectivity index (χ2n) is 5.35. The van der Waals surface area contributed by atoms with Gasteiger partial charge in [0, 0.05) is 12.7 Å². The number of hydrogen-bond donors (Lipinski definition) is 0. The maximum Gasteiger partial charge on any atom is 0.330 e. The van der Waals surface area contributed by atoms with Gasteiger partial charge in [-0.05, 0) is 38.5 Å². The standard InChI is InChI=1S/C14H26O3Si/c1-4-13(15)16-11-7-5-9-14(18(2)3)10-6-8-12-17-14/h4,18H,1,5-12H2,2-3H3. The largest absolute Gasteiger partial charge is 0.463 e. The van der Waals surface area contributed by atoms with Crippen LogP contribution in [-0.4, -0.2) is 33.2 Å². The number of hydrogen-bond acceptors (Lipinski definition) is 3. The Bertz CT molecular complexity index is 270. The molecule has 0 radical (unpaired) electrons. The Hall–Kier alpha value is -0.613. The first kappa shape index (κ1) is 15.4. The highest BCUT2D eigenvalue weighted by molar-refractivity contribution is 6.59. The van der Waals surface area contributed by atoms with Crippen LogP contribution in [0.4, 0.5) is 0 Å². The van der Waals surface area contributed by atoms with Crippen molar-refractivity contribution in [3.63, 3.8) is 0 Å². The van der Waals surface area contributed by atoms with Gasteiger partial charge in [-0.3, -0.25) is 0 Å². The molecule has 1 aliphatic heterocycles. The summed E-state index contributed by atoms with van der Waals surface area (Å²) in [6, 6.07) is 0. The van der Waals surface area contributed by atoms with Gasteiger partial charge >= 0.3 is 5.97 Å². The summed E-state index contributed by atoms with van der Waals surface area (Å²) >= 11 is 0. The summed E-state index contributed by atoms with van der Waals surface area (Å²) in [5, 5.41) is 0.195. The van der Waals surface area contributed by atoms with Gasteiger partial charge in [-0.15, -0.1) is 0 Å². The number of carbonyl (C=O) groups excluding carboxylic acids is 1. The zero-order chi connectivity index (χ0) is 13.4. The number of rotatable bonds is 7. The van der Waals surface area contributed by atoms with E-state index in [0.717, 1.165) is 25.9 Å². The first-order chi connectivity index (χ1) is 8.60. The van der Waals surface area contributed by atoms with Gasteiger partial charge in [0.25, 0.3) is 0 Å². The minimum absolute atomic E-state index is 0.195. The molecule has 0 aromatic rings. The SMILES string of the molecule is C=CC(=O)OCCCCC1([SiH](C)C)CCCCO1. The molecular weight excluding hydrogens is 244 g/mol. The number of carbonyl (C=O) groups is 1. The van der Waals surface area contributed by atoms with Crippen LogP contribution in [0.2, 0.25) is 13.1 Å². The lowest BCUT2D eigenvalue weighted by molar-refractivity contribution is -0.137. The lowest BCUT2D eigenvalue weighted by Crippen LogP contribution is -2.47. The summed E-state index contributed by atoms with van der Waals surface area (Å²) in [4.78, 5) is 10.9. The van der Waals surface area contributed by atoms with Crippen molar-refractivity contribution in [1.29, 1.82) is 0 Å². The topological polar surface area (TPSA) is 35.5 Å². The van der Waals surface area contributed by atoms with Gasteiger partial charge in [0.1, 0.15) is 0 Å². The van der Waals surface area contributed by atoms with Crippen molar-refractivity contribution in [2.45, 2.75) is 56.8 Å². The molecule has 1 saturated heterocycles. The third-order valence-electron chi connectivity index (χ3n) is 3.84. The van der Waals surface area contributed by atoms with Crippen LogP contribution in [0, 0.1) is 0 Å². The quantitative estimate of drug-likeness (QED) is 0.309. The highest BCUT2D eigenvalue weighted by atomic mass is 28.3. The van der Waals surface area contributed by atoms with Gasteiger partial charge in [-0.25, -0.2) is 4.79 Å². The fraction of sp³-hybridized carbons (Fsp3) is 0.786. The van der Waals surface area contributed by atoms with Crippen LogP contribution in [-0.2, 0) is 14.3 Å². The van der Waals surface area contributed by atoms with Crippen LogP contribution < -0.4 is 0 Å². The van der Waals surface area contributed by atoms with E-state index >= 15 is 0 Å². The van der Waals surface area contributed by atoms with Crippen LogP contribution in [0.25, 0.3) is 0 Å². The Morgan fingerprint density at radius 1 is 1.44 bits per heavy atom. The lowest BCUT2D eigenvalue weighted by atomic mass is 10.0. The lowest BCUT2D eigenvalue weighted by Gasteiger charge is -2.40. The van der Waals surface area contributed by atoms with E-state index in [1.165, 1.54) is 25.3 Å². The van der Waals surface area contributed by atoms with Crippen molar-refractivity contribution in [3.05, 3.63) is 12.7 Å². The van der Waals surface area contributed by atoms with Crippen LogP contribution in [0.1, 0.15) is 38.5 Å². The average molecular weight is 270 g/mol. The zero-order valence-corrected chi connectivity index (χ0v) is 12.9. The molecule has 0 spiro atoms. The molecule has 3 nitrogen and oxygen atoms in total. The van der Waals surface area contributed by atoms with Crippen molar-refractivity contribution in [2.24, 2.45) is 0 Å². The molecule has 1 rings (SSSR count). The summed E-state index contributed by atoms with van der Waals surface area (Å²) in [5.74, 6) is -0.322. The van der Waals surface area contributed by atoms with E-state index in [-0.39, 0.29) is 11.2 Å². The van der Waals surface area contributed by atoms with Gasteiger partial charge in [-0.2, -0.15) is 0 Å². The van der Waals surface area contributed by atoms with E-state index in [4.69, 9.17) is 9.47 Å². The molecule has 0 saturated carbocycles. The summed E-state index contributed by atoms with van der Waals surface area (Å²) in [6.45, 7) is 9.56. The molecule has 1 heterocycles. The minimum Gasteiger partial charge on any atom is -0.463 e. The molecule has 1 aliphatic rings. The first-order valence-corrected chi connectivity index (χ1v) is 9.92. The van der Waals surface area contributed by atoms with E-state index in [1.807, 2.05) is 0 Å². The van der Waals surface area contributed by atoms with E-state index in [0.29, 0.717) is 6.61 Å². The monoisotopic (exact) mass is 270 g/mol. The Morgan fingerprint density at radius 2 is 2.22 bits per heavy atom. The fourth-order valence-corrected chi connectivity index (χ4v) is 4.59.